The van der Waals surface area contributed by atoms with E-state index in [0.29, 0.717) is 24.8 Å². The Bertz CT molecular complexity index is 888. The monoisotopic (exact) mass is 383 g/mol. The minimum Gasteiger partial charge on any atom is -0.370 e. The SMILES string of the molecule is O=C(Cn1cnc(C2CC2)cc1=O)NCCNc1cc(N2CCCC2)cnn1. The van der Waals surface area contributed by atoms with Crippen LogP contribution in [0.3, 0.4) is 0 Å². The summed E-state index contributed by atoms with van der Waals surface area (Å²) in [6.07, 6.45) is 7.84. The molecule has 148 valence electrons. The van der Waals surface area contributed by atoms with Gasteiger partial charge in [0.15, 0.2) is 5.82 Å². The normalized spacial score (nSPS) is 16.2. The fraction of sp³-hybridized carbons (Fsp3) is 0.526. The zero-order valence-corrected chi connectivity index (χ0v) is 15.8. The van der Waals surface area contributed by atoms with Crippen molar-refractivity contribution < 1.29 is 4.79 Å². The summed E-state index contributed by atoms with van der Waals surface area (Å²) in [4.78, 5) is 30.7. The summed E-state index contributed by atoms with van der Waals surface area (Å²) in [5, 5.41) is 14.1. The summed E-state index contributed by atoms with van der Waals surface area (Å²) in [5.41, 5.74) is 1.72. The zero-order valence-electron chi connectivity index (χ0n) is 15.8. The van der Waals surface area contributed by atoms with Gasteiger partial charge < -0.3 is 15.5 Å². The van der Waals surface area contributed by atoms with Gasteiger partial charge in [-0.1, -0.05) is 0 Å². The van der Waals surface area contributed by atoms with E-state index >= 15 is 0 Å². The van der Waals surface area contributed by atoms with Crippen molar-refractivity contribution in [3.63, 3.8) is 0 Å². The molecular formula is C19H25N7O2. The maximum atomic E-state index is 12.1. The summed E-state index contributed by atoms with van der Waals surface area (Å²) in [7, 11) is 0. The first-order valence-corrected chi connectivity index (χ1v) is 9.84. The first kappa shape index (κ1) is 18.4. The largest absolute Gasteiger partial charge is 0.370 e. The molecule has 1 saturated heterocycles. The Balaban J connectivity index is 1.21. The number of nitrogens with zero attached hydrogens (tertiary/aromatic N) is 5. The number of hydrogen-bond donors (Lipinski definition) is 2. The van der Waals surface area contributed by atoms with E-state index in [1.807, 2.05) is 6.07 Å². The van der Waals surface area contributed by atoms with Crippen molar-refractivity contribution in [3.8, 4) is 0 Å². The van der Waals surface area contributed by atoms with Gasteiger partial charge in [-0.15, -0.1) is 5.10 Å². The van der Waals surface area contributed by atoms with Gasteiger partial charge in [-0.2, -0.15) is 5.10 Å². The molecule has 1 aliphatic heterocycles. The van der Waals surface area contributed by atoms with Crippen molar-refractivity contribution in [1.82, 2.24) is 25.1 Å². The minimum absolute atomic E-state index is 0.0268. The van der Waals surface area contributed by atoms with Crippen LogP contribution in [0.4, 0.5) is 11.5 Å². The Labute approximate surface area is 163 Å². The second-order valence-electron chi connectivity index (χ2n) is 7.32. The number of anilines is 2. The Morgan fingerprint density at radius 3 is 2.75 bits per heavy atom. The van der Waals surface area contributed by atoms with Crippen molar-refractivity contribution in [2.45, 2.75) is 38.1 Å². The molecule has 2 aromatic heterocycles. The maximum Gasteiger partial charge on any atom is 0.254 e. The van der Waals surface area contributed by atoms with E-state index < -0.39 is 0 Å². The fourth-order valence-electron chi connectivity index (χ4n) is 3.36. The number of nitrogens with one attached hydrogen (secondary N) is 2. The predicted molar refractivity (Wildman–Crippen MR) is 105 cm³/mol. The van der Waals surface area contributed by atoms with Crippen LogP contribution in [0.1, 0.15) is 37.3 Å². The lowest BCUT2D eigenvalue weighted by Crippen LogP contribution is -2.35. The van der Waals surface area contributed by atoms with E-state index in [1.54, 1.807) is 12.3 Å². The Morgan fingerprint density at radius 1 is 1.18 bits per heavy atom. The standard InChI is InChI=1S/C19H25N7O2/c27-18(12-26-13-22-16(10-19(26)28)14-3-4-14)21-6-5-20-17-9-15(11-23-24-17)25-7-1-2-8-25/h9-11,13-14H,1-8,12H2,(H,20,24)(H,21,27). The van der Waals surface area contributed by atoms with E-state index in [4.69, 9.17) is 0 Å². The predicted octanol–water partition coefficient (Wildman–Crippen LogP) is 0.739. The van der Waals surface area contributed by atoms with Crippen molar-refractivity contribution in [3.05, 3.63) is 40.7 Å². The Morgan fingerprint density at radius 2 is 2.00 bits per heavy atom. The molecule has 2 aromatic rings. The van der Waals surface area contributed by atoms with Gasteiger partial charge in [0.2, 0.25) is 5.91 Å². The third kappa shape index (κ3) is 4.65. The third-order valence-electron chi connectivity index (χ3n) is 5.07. The molecule has 0 aromatic carbocycles. The average Bonchev–Trinajstić information content (AvgIpc) is 3.41. The topological polar surface area (TPSA) is 105 Å². The molecule has 28 heavy (non-hydrogen) atoms. The van der Waals surface area contributed by atoms with Crippen molar-refractivity contribution >= 4 is 17.4 Å². The smallest absolute Gasteiger partial charge is 0.254 e. The van der Waals surface area contributed by atoms with E-state index in [2.05, 4.69) is 30.7 Å². The first-order chi connectivity index (χ1) is 13.7. The number of amides is 1. The summed E-state index contributed by atoms with van der Waals surface area (Å²) in [6, 6.07) is 3.52. The van der Waals surface area contributed by atoms with Gasteiger partial charge in [-0.25, -0.2) is 4.98 Å². The molecule has 3 heterocycles. The van der Waals surface area contributed by atoms with Crippen LogP contribution in [-0.4, -0.2) is 51.8 Å². The lowest BCUT2D eigenvalue weighted by molar-refractivity contribution is -0.121. The van der Waals surface area contributed by atoms with Crippen LogP contribution in [0.25, 0.3) is 0 Å². The van der Waals surface area contributed by atoms with Gasteiger partial charge in [0.25, 0.3) is 5.56 Å². The average molecular weight is 383 g/mol. The molecule has 0 spiro atoms. The van der Waals surface area contributed by atoms with Gasteiger partial charge in [-0.3, -0.25) is 14.2 Å². The summed E-state index contributed by atoms with van der Waals surface area (Å²) in [5.74, 6) is 0.894. The highest BCUT2D eigenvalue weighted by molar-refractivity contribution is 5.75. The molecule has 0 bridgehead atoms. The number of hydrogen-bond acceptors (Lipinski definition) is 7. The third-order valence-corrected chi connectivity index (χ3v) is 5.07. The van der Waals surface area contributed by atoms with Crippen molar-refractivity contribution in [1.29, 1.82) is 0 Å². The van der Waals surface area contributed by atoms with E-state index in [1.165, 1.54) is 23.7 Å². The van der Waals surface area contributed by atoms with Gasteiger partial charge in [-0.05, 0) is 25.7 Å². The van der Waals surface area contributed by atoms with Crippen LogP contribution in [0, 0.1) is 0 Å². The van der Waals surface area contributed by atoms with Gasteiger partial charge >= 0.3 is 0 Å². The first-order valence-electron chi connectivity index (χ1n) is 9.84. The molecule has 0 unspecified atom stereocenters. The van der Waals surface area contributed by atoms with E-state index in [9.17, 15) is 9.59 Å². The molecular weight excluding hydrogens is 358 g/mol. The molecule has 2 aliphatic rings. The highest BCUT2D eigenvalue weighted by Gasteiger charge is 2.25. The van der Waals surface area contributed by atoms with Crippen LogP contribution >= 0.6 is 0 Å². The lowest BCUT2D eigenvalue weighted by atomic mass is 10.3. The molecule has 0 atom stereocenters. The van der Waals surface area contributed by atoms with Crippen molar-refractivity contribution in [2.24, 2.45) is 0 Å². The van der Waals surface area contributed by atoms with Crippen LogP contribution in [-0.2, 0) is 11.3 Å². The summed E-state index contributed by atoms with van der Waals surface area (Å²) >= 11 is 0. The summed E-state index contributed by atoms with van der Waals surface area (Å²) < 4.78 is 1.33. The second kappa shape index (κ2) is 8.37. The molecule has 2 fully saturated rings. The van der Waals surface area contributed by atoms with Crippen molar-refractivity contribution in [2.75, 3.05) is 36.4 Å². The molecule has 9 heteroatoms. The number of carbonyl (C=O) groups is 1. The second-order valence-corrected chi connectivity index (χ2v) is 7.32. The van der Waals surface area contributed by atoms with Crippen LogP contribution < -0.4 is 21.1 Å². The summed E-state index contributed by atoms with van der Waals surface area (Å²) in [6.45, 7) is 3.03. The van der Waals surface area contributed by atoms with Crippen LogP contribution in [0.15, 0.2) is 29.5 Å². The molecule has 4 rings (SSSR count). The molecule has 1 aliphatic carbocycles. The lowest BCUT2D eigenvalue weighted by Gasteiger charge is -2.17. The van der Waals surface area contributed by atoms with E-state index in [-0.39, 0.29) is 18.0 Å². The number of aromatic nitrogens is 4. The quantitative estimate of drug-likeness (QED) is 0.648. The van der Waals surface area contributed by atoms with Crippen LogP contribution in [0.2, 0.25) is 0 Å². The molecule has 1 amide bonds. The Kier molecular flexibility index (Phi) is 5.50. The number of carbonyl (C=O) groups excluding carboxylic acids is 1. The molecule has 2 N–H and O–H groups in total. The number of rotatable bonds is 8. The molecule has 1 saturated carbocycles. The highest BCUT2D eigenvalue weighted by Crippen LogP contribution is 2.38. The fourth-order valence-corrected chi connectivity index (χ4v) is 3.36. The zero-order chi connectivity index (χ0) is 19.3. The Hall–Kier alpha value is -2.97. The van der Waals surface area contributed by atoms with Gasteiger partial charge in [0, 0.05) is 44.2 Å². The van der Waals surface area contributed by atoms with E-state index in [0.717, 1.165) is 37.3 Å². The highest BCUT2D eigenvalue weighted by atomic mass is 16.2. The van der Waals surface area contributed by atoms with Crippen LogP contribution in [0.5, 0.6) is 0 Å². The molecule has 9 nitrogen and oxygen atoms in total. The van der Waals surface area contributed by atoms with Gasteiger partial charge in [0.1, 0.15) is 6.54 Å². The molecule has 0 radical (unpaired) electrons. The maximum absolute atomic E-state index is 12.1. The van der Waals surface area contributed by atoms with Gasteiger partial charge in [0.05, 0.1) is 23.9 Å². The minimum atomic E-state index is -0.221.